The van der Waals surface area contributed by atoms with Crippen molar-refractivity contribution in [1.82, 2.24) is 20.0 Å². The minimum Gasteiger partial charge on any atom is -0.449 e. The van der Waals surface area contributed by atoms with Crippen molar-refractivity contribution in [2.24, 2.45) is 5.41 Å². The van der Waals surface area contributed by atoms with E-state index < -0.39 is 30.0 Å². The number of rotatable bonds is 7. The van der Waals surface area contributed by atoms with Crippen LogP contribution in [0.15, 0.2) is 22.9 Å². The van der Waals surface area contributed by atoms with Crippen LogP contribution in [0.25, 0.3) is 11.4 Å². The lowest BCUT2D eigenvalue weighted by molar-refractivity contribution is -0.0528. The Bertz CT molecular complexity index is 963. The zero-order valence-electron chi connectivity index (χ0n) is 17.3. The molecule has 2 fully saturated rings. The topological polar surface area (TPSA) is 90.6 Å². The van der Waals surface area contributed by atoms with Crippen molar-refractivity contribution in [1.29, 1.82) is 0 Å². The summed E-state index contributed by atoms with van der Waals surface area (Å²) < 4.78 is 69.0. The summed E-state index contributed by atoms with van der Waals surface area (Å²) in [5.74, 6) is -4.94. The fraction of sp³-hybridized carbons (Fsp3) is 0.600. The third kappa shape index (κ3) is 3.97. The quantitative estimate of drug-likeness (QED) is 0.446. The second-order valence-electron chi connectivity index (χ2n) is 7.88. The predicted octanol–water partition coefficient (Wildman–Crippen LogP) is 4.48. The van der Waals surface area contributed by atoms with Gasteiger partial charge in [-0.25, -0.2) is 18.6 Å². The molecule has 1 aliphatic heterocycles. The molecule has 1 saturated heterocycles. The fourth-order valence-electron chi connectivity index (χ4n) is 4.18. The van der Waals surface area contributed by atoms with E-state index in [4.69, 9.17) is 9.26 Å². The third-order valence-electron chi connectivity index (χ3n) is 6.02. The Kier molecular flexibility index (Phi) is 5.95. The van der Waals surface area contributed by atoms with Crippen LogP contribution in [0, 0.1) is 5.41 Å². The SMILES string of the molecule is CCCCOC(=O)N1CCC2(CC1)C(c1nc(-c3ccnc(OC(F)F)c3)no1)C2(F)F. The summed E-state index contributed by atoms with van der Waals surface area (Å²) >= 11 is 0. The summed E-state index contributed by atoms with van der Waals surface area (Å²) in [4.78, 5) is 21.2. The van der Waals surface area contributed by atoms with Crippen molar-refractivity contribution >= 4 is 6.09 Å². The zero-order valence-corrected chi connectivity index (χ0v) is 17.3. The normalized spacial score (nSPS) is 21.1. The number of hydrogen-bond donors (Lipinski definition) is 0. The molecule has 1 unspecified atom stereocenters. The standard InChI is InChI=1S/C20H22F4N4O4/c1-2-3-10-30-18(29)28-8-5-19(6-9-28)14(20(19,23)24)16-26-15(27-32-16)12-4-7-25-13(11-12)31-17(21)22/h4,7,11,14,17H,2-3,5-6,8-10H2,1H3. The second kappa shape index (κ2) is 8.55. The maximum Gasteiger partial charge on any atom is 0.409 e. The Morgan fingerprint density at radius 3 is 2.78 bits per heavy atom. The fourth-order valence-corrected chi connectivity index (χ4v) is 4.18. The molecule has 0 N–H and O–H groups in total. The minimum atomic E-state index is -3.06. The summed E-state index contributed by atoms with van der Waals surface area (Å²) in [6, 6.07) is 2.60. The van der Waals surface area contributed by atoms with Gasteiger partial charge >= 0.3 is 12.7 Å². The van der Waals surface area contributed by atoms with E-state index in [-0.39, 0.29) is 49.1 Å². The van der Waals surface area contributed by atoms with Crippen molar-refractivity contribution in [3.63, 3.8) is 0 Å². The Hall–Kier alpha value is -2.92. The molecule has 1 aliphatic carbocycles. The van der Waals surface area contributed by atoms with Crippen LogP contribution in [-0.2, 0) is 4.74 Å². The van der Waals surface area contributed by atoms with Gasteiger partial charge in [0.1, 0.15) is 5.92 Å². The number of nitrogens with zero attached hydrogens (tertiary/aromatic N) is 4. The number of amides is 1. The van der Waals surface area contributed by atoms with Crippen LogP contribution in [0.3, 0.4) is 0 Å². The monoisotopic (exact) mass is 458 g/mol. The van der Waals surface area contributed by atoms with Gasteiger partial charge in [-0.1, -0.05) is 18.5 Å². The molecule has 4 rings (SSSR count). The highest BCUT2D eigenvalue weighted by Crippen LogP contribution is 2.75. The van der Waals surface area contributed by atoms with Crippen molar-refractivity contribution in [2.45, 2.75) is 51.1 Å². The molecule has 0 bridgehead atoms. The number of carbonyl (C=O) groups is 1. The van der Waals surface area contributed by atoms with Gasteiger partial charge in [-0.15, -0.1) is 0 Å². The minimum absolute atomic E-state index is 0.0312. The molecule has 2 aromatic rings. The van der Waals surface area contributed by atoms with E-state index in [0.29, 0.717) is 6.61 Å². The molecular weight excluding hydrogens is 436 g/mol. The van der Waals surface area contributed by atoms with Crippen LogP contribution in [0.5, 0.6) is 5.88 Å². The molecular formula is C20H22F4N4O4. The first-order valence-electron chi connectivity index (χ1n) is 10.3. The average Bonchev–Trinajstić information content (AvgIpc) is 3.07. The van der Waals surface area contributed by atoms with Gasteiger partial charge in [0.25, 0.3) is 5.92 Å². The number of halogens is 4. The van der Waals surface area contributed by atoms with Crippen LogP contribution < -0.4 is 4.74 Å². The molecule has 2 aromatic heterocycles. The number of ether oxygens (including phenoxy) is 2. The van der Waals surface area contributed by atoms with Crippen molar-refractivity contribution < 1.29 is 36.4 Å². The number of hydrogen-bond acceptors (Lipinski definition) is 7. The van der Waals surface area contributed by atoms with Gasteiger partial charge in [-0.05, 0) is 25.3 Å². The number of alkyl halides is 4. The first-order chi connectivity index (χ1) is 15.3. The van der Waals surface area contributed by atoms with Crippen LogP contribution in [0.4, 0.5) is 22.4 Å². The van der Waals surface area contributed by atoms with E-state index in [1.807, 2.05) is 6.92 Å². The maximum atomic E-state index is 14.8. The second-order valence-corrected chi connectivity index (χ2v) is 7.88. The van der Waals surface area contributed by atoms with Gasteiger partial charge in [-0.3, -0.25) is 0 Å². The largest absolute Gasteiger partial charge is 0.449 e. The number of likely N-dealkylation sites (tertiary alicyclic amines) is 1. The van der Waals surface area contributed by atoms with E-state index in [2.05, 4.69) is 19.9 Å². The predicted molar refractivity (Wildman–Crippen MR) is 101 cm³/mol. The van der Waals surface area contributed by atoms with Crippen molar-refractivity contribution in [3.8, 4) is 17.3 Å². The number of carbonyl (C=O) groups excluding carboxylic acids is 1. The first kappa shape index (κ1) is 22.3. The van der Waals surface area contributed by atoms with E-state index in [9.17, 15) is 22.4 Å². The van der Waals surface area contributed by atoms with Gasteiger partial charge in [0, 0.05) is 30.9 Å². The molecule has 1 atom stereocenters. The lowest BCUT2D eigenvalue weighted by Gasteiger charge is -2.31. The number of unbranched alkanes of at least 4 members (excludes halogenated alkanes) is 1. The van der Waals surface area contributed by atoms with E-state index in [1.54, 1.807) is 0 Å². The molecule has 174 valence electrons. The first-order valence-corrected chi connectivity index (χ1v) is 10.3. The molecule has 8 nitrogen and oxygen atoms in total. The Labute approximate surface area is 180 Å². The van der Waals surface area contributed by atoms with Crippen LogP contribution >= 0.6 is 0 Å². The molecule has 12 heteroatoms. The highest BCUT2D eigenvalue weighted by molar-refractivity contribution is 5.67. The van der Waals surface area contributed by atoms with Crippen LogP contribution in [0.2, 0.25) is 0 Å². The van der Waals surface area contributed by atoms with Crippen molar-refractivity contribution in [3.05, 3.63) is 24.2 Å². The Balaban J connectivity index is 1.44. The lowest BCUT2D eigenvalue weighted by Crippen LogP contribution is -2.41. The molecule has 32 heavy (non-hydrogen) atoms. The summed E-state index contributed by atoms with van der Waals surface area (Å²) in [5.41, 5.74) is -1.12. The van der Waals surface area contributed by atoms with E-state index in [1.165, 1.54) is 23.2 Å². The Morgan fingerprint density at radius 1 is 1.34 bits per heavy atom. The van der Waals surface area contributed by atoms with Crippen LogP contribution in [0.1, 0.15) is 44.4 Å². The number of pyridine rings is 1. The van der Waals surface area contributed by atoms with E-state index >= 15 is 0 Å². The van der Waals surface area contributed by atoms with Gasteiger partial charge in [0.2, 0.25) is 17.6 Å². The van der Waals surface area contributed by atoms with Gasteiger partial charge < -0.3 is 18.9 Å². The highest BCUT2D eigenvalue weighted by Gasteiger charge is 2.82. The highest BCUT2D eigenvalue weighted by atomic mass is 19.3. The molecule has 1 spiro atoms. The van der Waals surface area contributed by atoms with Gasteiger partial charge in [-0.2, -0.15) is 13.8 Å². The molecule has 0 aromatic carbocycles. The zero-order chi connectivity index (χ0) is 22.9. The lowest BCUT2D eigenvalue weighted by atomic mass is 9.90. The summed E-state index contributed by atoms with van der Waals surface area (Å²) in [6.45, 7) is -0.479. The smallest absolute Gasteiger partial charge is 0.409 e. The molecule has 1 amide bonds. The van der Waals surface area contributed by atoms with Gasteiger partial charge in [0.15, 0.2) is 0 Å². The molecule has 2 aliphatic rings. The summed E-state index contributed by atoms with van der Waals surface area (Å²) in [7, 11) is 0. The summed E-state index contributed by atoms with van der Waals surface area (Å²) in [6.07, 6.45) is 2.51. The number of piperidine rings is 1. The Morgan fingerprint density at radius 2 is 2.09 bits per heavy atom. The van der Waals surface area contributed by atoms with Gasteiger partial charge in [0.05, 0.1) is 12.0 Å². The third-order valence-corrected chi connectivity index (χ3v) is 6.02. The average molecular weight is 458 g/mol. The molecule has 3 heterocycles. The molecule has 1 saturated carbocycles. The van der Waals surface area contributed by atoms with Crippen LogP contribution in [-0.4, -0.2) is 58.3 Å². The van der Waals surface area contributed by atoms with E-state index in [0.717, 1.165) is 12.8 Å². The van der Waals surface area contributed by atoms with Crippen molar-refractivity contribution in [2.75, 3.05) is 19.7 Å². The number of aromatic nitrogens is 3. The molecule has 0 radical (unpaired) electrons. The summed E-state index contributed by atoms with van der Waals surface area (Å²) in [5, 5.41) is 3.72. The maximum absolute atomic E-state index is 14.8.